The molecule has 18 heavy (non-hydrogen) atoms. The van der Waals surface area contributed by atoms with Crippen LogP contribution in [0.5, 0.6) is 5.75 Å². The van der Waals surface area contributed by atoms with Gasteiger partial charge in [-0.2, -0.15) is 0 Å². The third-order valence-corrected chi connectivity index (χ3v) is 2.94. The molecule has 0 atom stereocenters. The molecule has 0 amide bonds. The molecule has 0 aliphatic heterocycles. The molecule has 2 rings (SSSR count). The SMILES string of the molecule is CCNc1ccc(C(=O)OC)c(OCC2CC2)c1. The molecular weight excluding hydrogens is 230 g/mol. The van der Waals surface area contributed by atoms with Gasteiger partial charge in [0.25, 0.3) is 0 Å². The highest BCUT2D eigenvalue weighted by Gasteiger charge is 2.23. The number of nitrogens with one attached hydrogen (secondary N) is 1. The van der Waals surface area contributed by atoms with Crippen LogP contribution in [-0.4, -0.2) is 26.2 Å². The molecule has 1 aromatic rings. The minimum Gasteiger partial charge on any atom is -0.492 e. The Morgan fingerprint density at radius 1 is 1.44 bits per heavy atom. The molecule has 0 bridgehead atoms. The smallest absolute Gasteiger partial charge is 0.341 e. The molecule has 0 saturated heterocycles. The van der Waals surface area contributed by atoms with E-state index >= 15 is 0 Å². The summed E-state index contributed by atoms with van der Waals surface area (Å²) >= 11 is 0. The second-order valence-corrected chi connectivity index (χ2v) is 4.49. The molecule has 1 saturated carbocycles. The molecule has 4 nitrogen and oxygen atoms in total. The van der Waals surface area contributed by atoms with E-state index in [0.717, 1.165) is 12.2 Å². The molecule has 0 heterocycles. The third-order valence-electron chi connectivity index (χ3n) is 2.94. The number of ether oxygens (including phenoxy) is 2. The van der Waals surface area contributed by atoms with Crippen LogP contribution >= 0.6 is 0 Å². The normalized spacial score (nSPS) is 14.1. The summed E-state index contributed by atoms with van der Waals surface area (Å²) < 4.78 is 10.5. The molecule has 0 radical (unpaired) electrons. The first-order valence-corrected chi connectivity index (χ1v) is 6.33. The second-order valence-electron chi connectivity index (χ2n) is 4.49. The average Bonchev–Trinajstić information content (AvgIpc) is 3.20. The number of esters is 1. The van der Waals surface area contributed by atoms with Gasteiger partial charge in [-0.1, -0.05) is 0 Å². The van der Waals surface area contributed by atoms with E-state index in [9.17, 15) is 4.79 Å². The fourth-order valence-electron chi connectivity index (χ4n) is 1.73. The summed E-state index contributed by atoms with van der Waals surface area (Å²) in [5.41, 5.74) is 1.44. The van der Waals surface area contributed by atoms with E-state index in [2.05, 4.69) is 5.32 Å². The van der Waals surface area contributed by atoms with Crippen LogP contribution in [-0.2, 0) is 4.74 Å². The lowest BCUT2D eigenvalue weighted by Crippen LogP contribution is -2.08. The topological polar surface area (TPSA) is 47.6 Å². The van der Waals surface area contributed by atoms with Gasteiger partial charge in [0.2, 0.25) is 0 Å². The van der Waals surface area contributed by atoms with Crippen molar-refractivity contribution in [2.45, 2.75) is 19.8 Å². The number of carbonyl (C=O) groups is 1. The lowest BCUT2D eigenvalue weighted by Gasteiger charge is -2.12. The van der Waals surface area contributed by atoms with Crippen molar-refractivity contribution in [2.75, 3.05) is 25.6 Å². The molecular formula is C14H19NO3. The molecule has 1 aromatic carbocycles. The summed E-state index contributed by atoms with van der Waals surface area (Å²) in [5.74, 6) is 0.898. The largest absolute Gasteiger partial charge is 0.492 e. The average molecular weight is 249 g/mol. The Hall–Kier alpha value is -1.71. The monoisotopic (exact) mass is 249 g/mol. The van der Waals surface area contributed by atoms with E-state index in [1.807, 2.05) is 19.1 Å². The first-order chi connectivity index (χ1) is 8.74. The van der Waals surface area contributed by atoms with Crippen LogP contribution in [0, 0.1) is 5.92 Å². The van der Waals surface area contributed by atoms with Crippen molar-refractivity contribution in [3.05, 3.63) is 23.8 Å². The predicted molar refractivity (Wildman–Crippen MR) is 70.2 cm³/mol. The zero-order valence-electron chi connectivity index (χ0n) is 10.9. The highest BCUT2D eigenvalue weighted by atomic mass is 16.5. The van der Waals surface area contributed by atoms with Gasteiger partial charge in [-0.25, -0.2) is 4.79 Å². The Labute approximate surface area is 107 Å². The van der Waals surface area contributed by atoms with E-state index in [1.54, 1.807) is 6.07 Å². The predicted octanol–water partition coefficient (Wildman–Crippen LogP) is 2.69. The Morgan fingerprint density at radius 3 is 2.83 bits per heavy atom. The maximum absolute atomic E-state index is 11.6. The number of carbonyl (C=O) groups excluding carboxylic acids is 1. The molecule has 0 aromatic heterocycles. The van der Waals surface area contributed by atoms with Crippen molar-refractivity contribution in [1.29, 1.82) is 0 Å². The van der Waals surface area contributed by atoms with Gasteiger partial charge in [-0.05, 0) is 37.8 Å². The van der Waals surface area contributed by atoms with Crippen molar-refractivity contribution >= 4 is 11.7 Å². The van der Waals surface area contributed by atoms with Crippen LogP contribution in [0.1, 0.15) is 30.1 Å². The summed E-state index contributed by atoms with van der Waals surface area (Å²) in [4.78, 5) is 11.6. The van der Waals surface area contributed by atoms with Crippen LogP contribution < -0.4 is 10.1 Å². The van der Waals surface area contributed by atoms with Crippen molar-refractivity contribution in [1.82, 2.24) is 0 Å². The highest BCUT2D eigenvalue weighted by molar-refractivity contribution is 5.93. The van der Waals surface area contributed by atoms with Crippen molar-refractivity contribution < 1.29 is 14.3 Å². The Balaban J connectivity index is 2.17. The van der Waals surface area contributed by atoms with E-state index in [-0.39, 0.29) is 5.97 Å². The van der Waals surface area contributed by atoms with Crippen LogP contribution in [0.3, 0.4) is 0 Å². The number of hydrogen-bond acceptors (Lipinski definition) is 4. The minimum atomic E-state index is -0.358. The summed E-state index contributed by atoms with van der Waals surface area (Å²) in [7, 11) is 1.38. The van der Waals surface area contributed by atoms with Gasteiger partial charge in [-0.15, -0.1) is 0 Å². The molecule has 4 heteroatoms. The number of methoxy groups -OCH3 is 1. The number of anilines is 1. The minimum absolute atomic E-state index is 0.358. The van der Waals surface area contributed by atoms with Gasteiger partial charge in [0.05, 0.1) is 13.7 Å². The maximum atomic E-state index is 11.6. The molecule has 1 aliphatic rings. The fraction of sp³-hybridized carbons (Fsp3) is 0.500. The summed E-state index contributed by atoms with van der Waals surface area (Å²) in [6.07, 6.45) is 2.45. The summed E-state index contributed by atoms with van der Waals surface area (Å²) in [6.45, 7) is 3.54. The van der Waals surface area contributed by atoms with Crippen LogP contribution in [0.2, 0.25) is 0 Å². The van der Waals surface area contributed by atoms with E-state index in [4.69, 9.17) is 9.47 Å². The van der Waals surface area contributed by atoms with Crippen molar-refractivity contribution in [3.63, 3.8) is 0 Å². The standard InChI is InChI=1S/C14H19NO3/c1-3-15-11-6-7-12(14(16)17-2)13(8-11)18-9-10-4-5-10/h6-8,10,15H,3-5,9H2,1-2H3. The molecule has 0 spiro atoms. The molecule has 1 aliphatic carbocycles. The third kappa shape index (κ3) is 3.15. The fourth-order valence-corrected chi connectivity index (χ4v) is 1.73. The quantitative estimate of drug-likeness (QED) is 0.787. The van der Waals surface area contributed by atoms with E-state index < -0.39 is 0 Å². The zero-order valence-corrected chi connectivity index (χ0v) is 10.9. The van der Waals surface area contributed by atoms with Gasteiger partial charge in [-0.3, -0.25) is 0 Å². The molecule has 0 unspecified atom stereocenters. The molecule has 1 fully saturated rings. The van der Waals surface area contributed by atoms with Crippen molar-refractivity contribution in [3.8, 4) is 5.75 Å². The Morgan fingerprint density at radius 2 is 2.22 bits per heavy atom. The zero-order chi connectivity index (χ0) is 13.0. The highest BCUT2D eigenvalue weighted by Crippen LogP contribution is 2.31. The number of benzene rings is 1. The first kappa shape index (κ1) is 12.7. The Kier molecular flexibility index (Phi) is 4.07. The van der Waals surface area contributed by atoms with Gasteiger partial charge in [0.1, 0.15) is 11.3 Å². The van der Waals surface area contributed by atoms with Gasteiger partial charge < -0.3 is 14.8 Å². The maximum Gasteiger partial charge on any atom is 0.341 e. The van der Waals surface area contributed by atoms with Gasteiger partial charge in [0, 0.05) is 18.3 Å². The lowest BCUT2D eigenvalue weighted by atomic mass is 10.2. The number of hydrogen-bond donors (Lipinski definition) is 1. The van der Waals surface area contributed by atoms with Gasteiger partial charge in [0.15, 0.2) is 0 Å². The first-order valence-electron chi connectivity index (χ1n) is 6.33. The van der Waals surface area contributed by atoms with E-state index in [0.29, 0.717) is 23.8 Å². The second kappa shape index (κ2) is 5.76. The molecule has 98 valence electrons. The van der Waals surface area contributed by atoms with Crippen LogP contribution in [0.15, 0.2) is 18.2 Å². The van der Waals surface area contributed by atoms with Crippen LogP contribution in [0.4, 0.5) is 5.69 Å². The molecule has 1 N–H and O–H groups in total. The van der Waals surface area contributed by atoms with E-state index in [1.165, 1.54) is 20.0 Å². The van der Waals surface area contributed by atoms with Crippen LogP contribution in [0.25, 0.3) is 0 Å². The Bertz CT molecular complexity index is 427. The lowest BCUT2D eigenvalue weighted by molar-refractivity contribution is 0.0596. The number of rotatable bonds is 6. The van der Waals surface area contributed by atoms with Gasteiger partial charge >= 0.3 is 5.97 Å². The van der Waals surface area contributed by atoms with Crippen molar-refractivity contribution in [2.24, 2.45) is 5.92 Å². The summed E-state index contributed by atoms with van der Waals surface area (Å²) in [6, 6.07) is 5.46. The summed E-state index contributed by atoms with van der Waals surface area (Å²) in [5, 5.41) is 3.20.